The largest absolute Gasteiger partial charge is 0.308 e. The fourth-order valence-electron chi connectivity index (χ4n) is 2.02. The van der Waals surface area contributed by atoms with Gasteiger partial charge in [0.25, 0.3) is 0 Å². The SMILES string of the molecule is CCCn1nncc1C(NC)c1ccc(I)cc1. The molecule has 2 aromatic rings. The quantitative estimate of drug-likeness (QED) is 0.838. The van der Waals surface area contributed by atoms with Crippen molar-refractivity contribution in [3.8, 4) is 0 Å². The number of nitrogens with one attached hydrogen (secondary N) is 1. The Balaban J connectivity index is 2.32. The van der Waals surface area contributed by atoms with E-state index in [2.05, 4.69) is 69.4 Å². The van der Waals surface area contributed by atoms with E-state index in [9.17, 15) is 0 Å². The molecule has 1 aromatic heterocycles. The molecule has 0 aliphatic rings. The maximum atomic E-state index is 4.14. The van der Waals surface area contributed by atoms with Gasteiger partial charge < -0.3 is 5.32 Å². The molecule has 0 aliphatic carbocycles. The number of benzene rings is 1. The molecule has 0 bridgehead atoms. The molecule has 0 saturated carbocycles. The third kappa shape index (κ3) is 2.89. The Labute approximate surface area is 121 Å². The van der Waals surface area contributed by atoms with Crippen LogP contribution in [0.15, 0.2) is 30.5 Å². The van der Waals surface area contributed by atoms with Crippen LogP contribution in [0.25, 0.3) is 0 Å². The summed E-state index contributed by atoms with van der Waals surface area (Å²) in [5.74, 6) is 0. The number of hydrogen-bond acceptors (Lipinski definition) is 3. The van der Waals surface area contributed by atoms with Crippen LogP contribution in [0.1, 0.15) is 30.6 Å². The number of nitrogens with zero attached hydrogens (tertiary/aromatic N) is 3. The third-order valence-corrected chi connectivity index (χ3v) is 3.59. The van der Waals surface area contributed by atoms with Crippen molar-refractivity contribution in [2.75, 3.05) is 7.05 Å². The van der Waals surface area contributed by atoms with Crippen LogP contribution >= 0.6 is 22.6 Å². The van der Waals surface area contributed by atoms with E-state index in [4.69, 9.17) is 0 Å². The first-order valence-electron chi connectivity index (χ1n) is 6.07. The number of aryl methyl sites for hydroxylation is 1. The van der Waals surface area contributed by atoms with E-state index in [-0.39, 0.29) is 6.04 Å². The van der Waals surface area contributed by atoms with Gasteiger partial charge in [-0.2, -0.15) is 0 Å². The van der Waals surface area contributed by atoms with Crippen LogP contribution in [0, 0.1) is 3.57 Å². The van der Waals surface area contributed by atoms with Gasteiger partial charge >= 0.3 is 0 Å². The van der Waals surface area contributed by atoms with Gasteiger partial charge in [0.05, 0.1) is 17.9 Å². The van der Waals surface area contributed by atoms with Crippen LogP contribution in [0.3, 0.4) is 0 Å². The summed E-state index contributed by atoms with van der Waals surface area (Å²) in [5, 5.41) is 11.5. The zero-order chi connectivity index (χ0) is 13.0. The van der Waals surface area contributed by atoms with Gasteiger partial charge in [-0.05, 0) is 53.8 Å². The highest BCUT2D eigenvalue weighted by atomic mass is 127. The van der Waals surface area contributed by atoms with Crippen molar-refractivity contribution in [1.29, 1.82) is 0 Å². The lowest BCUT2D eigenvalue weighted by Gasteiger charge is -2.17. The van der Waals surface area contributed by atoms with E-state index in [1.54, 1.807) is 0 Å². The zero-order valence-corrected chi connectivity index (χ0v) is 12.8. The summed E-state index contributed by atoms with van der Waals surface area (Å²) in [4.78, 5) is 0. The first-order valence-corrected chi connectivity index (χ1v) is 7.15. The van der Waals surface area contributed by atoms with Crippen LogP contribution in [0.2, 0.25) is 0 Å². The predicted molar refractivity (Wildman–Crippen MR) is 80.4 cm³/mol. The second-order valence-corrected chi connectivity index (χ2v) is 5.40. The number of rotatable bonds is 5. The third-order valence-electron chi connectivity index (χ3n) is 2.87. The Bertz CT molecular complexity index is 492. The molecule has 18 heavy (non-hydrogen) atoms. The Morgan fingerprint density at radius 1 is 1.33 bits per heavy atom. The van der Waals surface area contributed by atoms with Crippen molar-refractivity contribution in [2.24, 2.45) is 0 Å². The maximum absolute atomic E-state index is 4.14. The normalized spacial score (nSPS) is 12.6. The minimum Gasteiger partial charge on any atom is -0.308 e. The number of aromatic nitrogens is 3. The minimum atomic E-state index is 0.142. The topological polar surface area (TPSA) is 42.7 Å². The van der Waals surface area contributed by atoms with Gasteiger partial charge in [0.1, 0.15) is 0 Å². The van der Waals surface area contributed by atoms with Gasteiger partial charge in [0, 0.05) is 10.1 Å². The molecule has 4 nitrogen and oxygen atoms in total. The molecular weight excluding hydrogens is 339 g/mol. The molecule has 5 heteroatoms. The second-order valence-electron chi connectivity index (χ2n) is 4.16. The van der Waals surface area contributed by atoms with Gasteiger partial charge in [-0.15, -0.1) is 5.10 Å². The van der Waals surface area contributed by atoms with E-state index in [0.717, 1.165) is 18.7 Å². The predicted octanol–water partition coefficient (Wildman–Crippen LogP) is 2.60. The van der Waals surface area contributed by atoms with Crippen LogP contribution in [0.4, 0.5) is 0 Å². The Morgan fingerprint density at radius 3 is 2.67 bits per heavy atom. The number of hydrogen-bond donors (Lipinski definition) is 1. The summed E-state index contributed by atoms with van der Waals surface area (Å²) < 4.78 is 3.21. The summed E-state index contributed by atoms with van der Waals surface area (Å²) in [6.07, 6.45) is 2.90. The van der Waals surface area contributed by atoms with Crippen molar-refractivity contribution in [2.45, 2.75) is 25.9 Å². The average molecular weight is 356 g/mol. The smallest absolute Gasteiger partial charge is 0.0801 e. The minimum absolute atomic E-state index is 0.142. The van der Waals surface area contributed by atoms with Crippen molar-refractivity contribution in [3.05, 3.63) is 45.3 Å². The second kappa shape index (κ2) is 6.29. The molecule has 0 aliphatic heterocycles. The Kier molecular flexibility index (Phi) is 4.71. The molecule has 1 N–H and O–H groups in total. The van der Waals surface area contributed by atoms with Crippen LogP contribution in [-0.4, -0.2) is 22.0 Å². The molecular formula is C13H17IN4. The monoisotopic (exact) mass is 356 g/mol. The van der Waals surface area contributed by atoms with E-state index in [1.807, 2.05) is 17.9 Å². The lowest BCUT2D eigenvalue weighted by Crippen LogP contribution is -2.21. The molecule has 0 saturated heterocycles. The van der Waals surface area contributed by atoms with Gasteiger partial charge in [0.15, 0.2) is 0 Å². The van der Waals surface area contributed by atoms with Gasteiger partial charge in [-0.3, -0.25) is 0 Å². The van der Waals surface area contributed by atoms with E-state index in [0.29, 0.717) is 0 Å². The van der Waals surface area contributed by atoms with E-state index in [1.165, 1.54) is 9.13 Å². The van der Waals surface area contributed by atoms with Crippen LogP contribution < -0.4 is 5.32 Å². The Morgan fingerprint density at radius 2 is 2.06 bits per heavy atom. The summed E-state index contributed by atoms with van der Waals surface area (Å²) in [6.45, 7) is 3.04. The molecule has 0 fully saturated rings. The molecule has 96 valence electrons. The molecule has 2 rings (SSSR count). The van der Waals surface area contributed by atoms with Gasteiger partial charge in [0.2, 0.25) is 0 Å². The lowest BCUT2D eigenvalue weighted by molar-refractivity contribution is 0.523. The lowest BCUT2D eigenvalue weighted by atomic mass is 10.0. The van der Waals surface area contributed by atoms with Crippen LogP contribution in [0.5, 0.6) is 0 Å². The molecule has 1 unspecified atom stereocenters. The Hall–Kier alpha value is -0.950. The van der Waals surface area contributed by atoms with Crippen molar-refractivity contribution >= 4 is 22.6 Å². The molecule has 1 heterocycles. The highest BCUT2D eigenvalue weighted by Gasteiger charge is 2.16. The fourth-order valence-corrected chi connectivity index (χ4v) is 2.37. The summed E-state index contributed by atoms with van der Waals surface area (Å²) in [6, 6.07) is 8.67. The van der Waals surface area contributed by atoms with E-state index < -0.39 is 0 Å². The first kappa shape index (κ1) is 13.5. The highest BCUT2D eigenvalue weighted by Crippen LogP contribution is 2.21. The molecule has 0 radical (unpaired) electrons. The molecule has 1 aromatic carbocycles. The van der Waals surface area contributed by atoms with Crippen molar-refractivity contribution in [1.82, 2.24) is 20.3 Å². The molecule has 1 atom stereocenters. The van der Waals surface area contributed by atoms with Gasteiger partial charge in [-0.1, -0.05) is 24.3 Å². The van der Waals surface area contributed by atoms with Gasteiger partial charge in [-0.25, -0.2) is 4.68 Å². The first-order chi connectivity index (χ1) is 8.76. The van der Waals surface area contributed by atoms with Crippen molar-refractivity contribution in [3.63, 3.8) is 0 Å². The summed E-state index contributed by atoms with van der Waals surface area (Å²) >= 11 is 2.32. The number of halogens is 1. The standard InChI is InChI=1S/C13H17IN4/c1-3-8-18-12(9-16-17-18)13(15-2)10-4-6-11(14)7-5-10/h4-7,9,13,15H,3,8H2,1-2H3. The average Bonchev–Trinajstić information content (AvgIpc) is 2.82. The van der Waals surface area contributed by atoms with Crippen LogP contribution in [-0.2, 0) is 6.54 Å². The summed E-state index contributed by atoms with van der Waals surface area (Å²) in [5.41, 5.74) is 2.35. The molecule has 0 spiro atoms. The zero-order valence-electron chi connectivity index (χ0n) is 10.6. The fraction of sp³-hybridized carbons (Fsp3) is 0.385. The molecule has 0 amide bonds. The summed E-state index contributed by atoms with van der Waals surface area (Å²) in [7, 11) is 1.96. The van der Waals surface area contributed by atoms with E-state index >= 15 is 0 Å². The van der Waals surface area contributed by atoms with Crippen molar-refractivity contribution < 1.29 is 0 Å². The maximum Gasteiger partial charge on any atom is 0.0801 e. The highest BCUT2D eigenvalue weighted by molar-refractivity contribution is 14.1.